The fourth-order valence-electron chi connectivity index (χ4n) is 2.23. The molecule has 0 unspecified atom stereocenters. The number of hydrogen-bond donors (Lipinski definition) is 3. The number of rotatable bonds is 15. The molecule has 1 rings (SSSR count). The largest absolute Gasteiger partial charge is 0.359 e. The normalized spacial score (nSPS) is 11.6. The lowest BCUT2D eigenvalue weighted by molar-refractivity contribution is -0.788. The number of aromatic amines is 1. The minimum Gasteiger partial charge on any atom is -0.330 e. The number of nitrogens with one attached hydrogen (secondary N) is 1. The van der Waals surface area contributed by atoms with E-state index in [1.807, 2.05) is 4.68 Å². The Morgan fingerprint density at radius 2 is 1.61 bits per heavy atom. The lowest BCUT2D eigenvalue weighted by Crippen LogP contribution is -2.38. The summed E-state index contributed by atoms with van der Waals surface area (Å²) < 4.78 is 2.02. The van der Waals surface area contributed by atoms with E-state index in [4.69, 9.17) is 11.5 Å². The Kier molecular flexibility index (Phi) is 12.8. The molecule has 132 valence electrons. The molecule has 0 bridgehead atoms. The Balaban J connectivity index is 1.99. The first kappa shape index (κ1) is 20.1. The SMILES string of the molecule is NCCCCC=CCCCCCSc1nn[nH][n+]1CCCCN. The van der Waals surface area contributed by atoms with Crippen LogP contribution in [0.25, 0.3) is 0 Å². The van der Waals surface area contributed by atoms with Crippen LogP contribution in [-0.2, 0) is 6.54 Å². The van der Waals surface area contributed by atoms with Crippen LogP contribution in [0.2, 0.25) is 0 Å². The van der Waals surface area contributed by atoms with Crippen molar-refractivity contribution in [3.05, 3.63) is 12.2 Å². The van der Waals surface area contributed by atoms with Gasteiger partial charge in [0.1, 0.15) is 5.10 Å². The van der Waals surface area contributed by atoms with Crippen molar-refractivity contribution in [3.63, 3.8) is 0 Å². The molecule has 7 heteroatoms. The number of hydrogen-bond acceptors (Lipinski definition) is 5. The summed E-state index contributed by atoms with van der Waals surface area (Å²) in [4.78, 5) is 0. The third-order valence-corrected chi connectivity index (χ3v) is 4.66. The highest BCUT2D eigenvalue weighted by Crippen LogP contribution is 2.13. The van der Waals surface area contributed by atoms with Gasteiger partial charge in [0.05, 0.1) is 6.54 Å². The minimum atomic E-state index is 0.742. The zero-order valence-corrected chi connectivity index (χ0v) is 15.1. The Labute approximate surface area is 144 Å². The van der Waals surface area contributed by atoms with Crippen LogP contribution < -0.4 is 16.1 Å². The van der Waals surface area contributed by atoms with E-state index in [1.54, 1.807) is 11.8 Å². The van der Waals surface area contributed by atoms with E-state index in [0.717, 1.165) is 49.8 Å². The van der Waals surface area contributed by atoms with Crippen LogP contribution in [0, 0.1) is 0 Å². The van der Waals surface area contributed by atoms with Crippen LogP contribution in [0.4, 0.5) is 0 Å². The van der Waals surface area contributed by atoms with Crippen LogP contribution in [0.1, 0.15) is 57.8 Å². The third-order valence-electron chi connectivity index (χ3n) is 3.61. The average molecular weight is 342 g/mol. The number of allylic oxidation sites excluding steroid dienone is 2. The van der Waals surface area contributed by atoms with E-state index in [9.17, 15) is 0 Å². The maximum Gasteiger partial charge on any atom is 0.359 e. The number of nitrogens with zero attached hydrogens (tertiary/aromatic N) is 3. The van der Waals surface area contributed by atoms with Crippen LogP contribution in [0.3, 0.4) is 0 Å². The molecule has 0 amide bonds. The zero-order chi connectivity index (χ0) is 16.6. The molecule has 6 nitrogen and oxygen atoms in total. The highest BCUT2D eigenvalue weighted by molar-refractivity contribution is 7.99. The summed E-state index contributed by atoms with van der Waals surface area (Å²) in [5.74, 6) is 1.10. The van der Waals surface area contributed by atoms with E-state index >= 15 is 0 Å². The molecule has 23 heavy (non-hydrogen) atoms. The predicted octanol–water partition coefficient (Wildman–Crippen LogP) is 2.17. The van der Waals surface area contributed by atoms with E-state index in [-0.39, 0.29) is 0 Å². The van der Waals surface area contributed by atoms with Crippen molar-refractivity contribution in [2.45, 2.75) is 69.5 Å². The third kappa shape index (κ3) is 10.5. The Bertz CT molecular complexity index is 407. The van der Waals surface area contributed by atoms with Gasteiger partial charge in [-0.1, -0.05) is 23.8 Å². The molecule has 0 spiro atoms. The van der Waals surface area contributed by atoms with Gasteiger partial charge in [0.2, 0.25) is 0 Å². The highest BCUT2D eigenvalue weighted by atomic mass is 32.2. The zero-order valence-electron chi connectivity index (χ0n) is 14.3. The summed E-state index contributed by atoms with van der Waals surface area (Å²) in [7, 11) is 0. The summed E-state index contributed by atoms with van der Waals surface area (Å²) in [5, 5.41) is 12.0. The smallest absolute Gasteiger partial charge is 0.330 e. The molecule has 0 aliphatic carbocycles. The maximum atomic E-state index is 5.52. The van der Waals surface area contributed by atoms with Crippen molar-refractivity contribution in [1.29, 1.82) is 0 Å². The predicted molar refractivity (Wildman–Crippen MR) is 96.1 cm³/mol. The van der Waals surface area contributed by atoms with Crippen molar-refractivity contribution < 1.29 is 4.68 Å². The Hall–Kier alpha value is -0.920. The lowest BCUT2D eigenvalue weighted by atomic mass is 10.1. The molecule has 0 saturated heterocycles. The van der Waals surface area contributed by atoms with Gasteiger partial charge in [0.25, 0.3) is 0 Å². The van der Waals surface area contributed by atoms with Gasteiger partial charge in [-0.2, -0.15) is 4.68 Å². The van der Waals surface area contributed by atoms with Crippen molar-refractivity contribution >= 4 is 11.8 Å². The van der Waals surface area contributed by atoms with Crippen LogP contribution >= 0.6 is 11.8 Å². The van der Waals surface area contributed by atoms with Crippen LogP contribution in [-0.4, -0.2) is 34.4 Å². The molecule has 0 fully saturated rings. The van der Waals surface area contributed by atoms with Gasteiger partial charge in [0, 0.05) is 5.75 Å². The van der Waals surface area contributed by atoms with Crippen LogP contribution in [0.5, 0.6) is 0 Å². The minimum absolute atomic E-state index is 0.742. The van der Waals surface area contributed by atoms with E-state index in [0.29, 0.717) is 0 Å². The summed E-state index contributed by atoms with van der Waals surface area (Å²) in [6, 6.07) is 0. The fourth-order valence-corrected chi connectivity index (χ4v) is 3.15. The molecule has 0 radical (unpaired) electrons. The summed E-state index contributed by atoms with van der Waals surface area (Å²) in [6.07, 6.45) is 15.2. The quantitative estimate of drug-likeness (QED) is 0.197. The number of aryl methyl sites for hydroxylation is 1. The Morgan fingerprint density at radius 1 is 0.913 bits per heavy atom. The number of tetrazole rings is 1. The second-order valence-corrected chi connectivity index (χ2v) is 6.75. The van der Waals surface area contributed by atoms with Gasteiger partial charge >= 0.3 is 5.16 Å². The molecular weight excluding hydrogens is 308 g/mol. The van der Waals surface area contributed by atoms with Gasteiger partial charge < -0.3 is 11.5 Å². The van der Waals surface area contributed by atoms with Crippen molar-refractivity contribution in [2.24, 2.45) is 11.5 Å². The number of thioether (sulfide) groups is 1. The lowest BCUT2D eigenvalue weighted by Gasteiger charge is -1.99. The van der Waals surface area contributed by atoms with E-state index in [2.05, 4.69) is 27.7 Å². The topological polar surface area (TPSA) is 97.5 Å². The van der Waals surface area contributed by atoms with Crippen molar-refractivity contribution in [1.82, 2.24) is 15.5 Å². The molecule has 0 aliphatic heterocycles. The molecule has 0 saturated carbocycles. The molecule has 5 N–H and O–H groups in total. The van der Waals surface area contributed by atoms with Gasteiger partial charge in [-0.3, -0.25) is 0 Å². The van der Waals surface area contributed by atoms with E-state index < -0.39 is 0 Å². The van der Waals surface area contributed by atoms with Gasteiger partial charge in [-0.15, -0.1) is 0 Å². The number of aromatic nitrogens is 4. The first-order valence-electron chi connectivity index (χ1n) is 8.87. The van der Waals surface area contributed by atoms with Crippen molar-refractivity contribution in [2.75, 3.05) is 18.8 Å². The molecule has 0 aromatic carbocycles. The maximum absolute atomic E-state index is 5.52. The van der Waals surface area contributed by atoms with E-state index in [1.165, 1.54) is 38.5 Å². The number of H-pyrrole nitrogens is 1. The Morgan fingerprint density at radius 3 is 2.35 bits per heavy atom. The summed E-state index contributed by atoms with van der Waals surface area (Å²) >= 11 is 1.79. The average Bonchev–Trinajstić information content (AvgIpc) is 3.00. The summed E-state index contributed by atoms with van der Waals surface area (Å²) in [5.41, 5.74) is 11.0. The molecule has 1 aromatic rings. The first-order chi connectivity index (χ1) is 11.4. The highest BCUT2D eigenvalue weighted by Gasteiger charge is 2.13. The number of unbranched alkanes of at least 4 members (excludes halogenated alkanes) is 6. The molecule has 1 heterocycles. The molecule has 0 aliphatic rings. The van der Waals surface area contributed by atoms with Crippen LogP contribution in [0.15, 0.2) is 17.3 Å². The standard InChI is InChI=1S/C16H32N6S/c17-12-8-6-4-2-1-3-5-7-11-15-23-16-19-20-21-22(16)14-10-9-13-18/h1-2H,3-15,17-18H2/p+1. The number of nitrogens with two attached hydrogens (primary N) is 2. The monoisotopic (exact) mass is 341 g/mol. The molecular formula is C16H33N6S+. The van der Waals surface area contributed by atoms with Gasteiger partial charge in [-0.25, -0.2) is 0 Å². The van der Waals surface area contributed by atoms with Gasteiger partial charge in [0.15, 0.2) is 5.21 Å². The summed E-state index contributed by atoms with van der Waals surface area (Å²) in [6.45, 7) is 2.47. The molecule has 1 aromatic heterocycles. The fraction of sp³-hybridized carbons (Fsp3) is 0.812. The van der Waals surface area contributed by atoms with Gasteiger partial charge in [-0.05, 0) is 76.2 Å². The molecule has 0 atom stereocenters. The second-order valence-electron chi connectivity index (χ2n) is 5.68. The van der Waals surface area contributed by atoms with Crippen molar-refractivity contribution in [3.8, 4) is 0 Å². The second kappa shape index (κ2) is 14.7. The first-order valence-corrected chi connectivity index (χ1v) is 9.86.